The molecule has 0 aromatic carbocycles. The number of urea groups is 1. The molecule has 1 aromatic rings. The van der Waals surface area contributed by atoms with Crippen LogP contribution in [0.1, 0.15) is 37.5 Å². The number of likely N-dealkylation sites (tertiary alicyclic amines) is 1. The van der Waals surface area contributed by atoms with E-state index in [1.165, 1.54) is 4.90 Å². The third kappa shape index (κ3) is 2.76. The average molecular weight is 293 g/mol. The number of hydrogen-bond donors (Lipinski definition) is 1. The van der Waals surface area contributed by atoms with Crippen LogP contribution in [0.3, 0.4) is 0 Å². The highest BCUT2D eigenvalue weighted by Crippen LogP contribution is 2.29. The number of carbonyl (C=O) groups is 2. The zero-order chi connectivity index (χ0) is 14.8. The SMILES string of the molecule is CCc1nc([C@@H]2CCCN2CCN2C(=O)CNC2=O)no1. The highest BCUT2D eigenvalue weighted by molar-refractivity contribution is 6.01. The molecule has 0 unspecified atom stereocenters. The van der Waals surface area contributed by atoms with Crippen LogP contribution < -0.4 is 5.32 Å². The third-order valence-electron chi connectivity index (χ3n) is 4.00. The Morgan fingerprint density at radius 2 is 2.24 bits per heavy atom. The summed E-state index contributed by atoms with van der Waals surface area (Å²) in [5.41, 5.74) is 0. The van der Waals surface area contributed by atoms with Gasteiger partial charge in [0.25, 0.3) is 0 Å². The molecular formula is C13H19N5O3. The van der Waals surface area contributed by atoms with Gasteiger partial charge in [0.05, 0.1) is 12.6 Å². The minimum absolute atomic E-state index is 0.104. The number of nitrogens with zero attached hydrogens (tertiary/aromatic N) is 4. The second-order valence-electron chi connectivity index (χ2n) is 5.30. The highest BCUT2D eigenvalue weighted by atomic mass is 16.5. The maximum atomic E-state index is 11.6. The van der Waals surface area contributed by atoms with Gasteiger partial charge in [0, 0.05) is 19.5 Å². The number of nitrogens with one attached hydrogen (secondary N) is 1. The van der Waals surface area contributed by atoms with Crippen LogP contribution in [0.2, 0.25) is 0 Å². The van der Waals surface area contributed by atoms with Gasteiger partial charge >= 0.3 is 6.03 Å². The van der Waals surface area contributed by atoms with Gasteiger partial charge in [0.15, 0.2) is 5.82 Å². The van der Waals surface area contributed by atoms with Gasteiger partial charge in [-0.15, -0.1) is 0 Å². The Bertz CT molecular complexity index is 528. The van der Waals surface area contributed by atoms with Crippen LogP contribution in [0.5, 0.6) is 0 Å². The molecule has 21 heavy (non-hydrogen) atoms. The molecule has 2 aliphatic rings. The van der Waals surface area contributed by atoms with Crippen molar-refractivity contribution in [3.8, 4) is 0 Å². The lowest BCUT2D eigenvalue weighted by molar-refractivity contribution is -0.125. The maximum absolute atomic E-state index is 11.6. The fourth-order valence-corrected chi connectivity index (χ4v) is 2.84. The smallest absolute Gasteiger partial charge is 0.324 e. The van der Waals surface area contributed by atoms with Crippen LogP contribution in [0, 0.1) is 0 Å². The molecule has 0 saturated carbocycles. The van der Waals surface area contributed by atoms with E-state index in [4.69, 9.17) is 4.52 Å². The van der Waals surface area contributed by atoms with Gasteiger partial charge in [-0.3, -0.25) is 14.6 Å². The Morgan fingerprint density at radius 3 is 2.90 bits per heavy atom. The summed E-state index contributed by atoms with van der Waals surface area (Å²) in [4.78, 5) is 31.0. The largest absolute Gasteiger partial charge is 0.339 e. The van der Waals surface area contributed by atoms with E-state index in [9.17, 15) is 9.59 Å². The van der Waals surface area contributed by atoms with E-state index < -0.39 is 0 Å². The molecule has 114 valence electrons. The average Bonchev–Trinajstić information content (AvgIpc) is 3.18. The fraction of sp³-hybridized carbons (Fsp3) is 0.692. The lowest BCUT2D eigenvalue weighted by Gasteiger charge is -2.23. The van der Waals surface area contributed by atoms with E-state index in [1.54, 1.807) is 0 Å². The van der Waals surface area contributed by atoms with E-state index in [0.717, 1.165) is 25.8 Å². The predicted molar refractivity (Wildman–Crippen MR) is 72.3 cm³/mol. The first-order valence-corrected chi connectivity index (χ1v) is 7.33. The third-order valence-corrected chi connectivity index (χ3v) is 4.00. The van der Waals surface area contributed by atoms with Crippen LogP contribution in [-0.2, 0) is 11.2 Å². The van der Waals surface area contributed by atoms with Crippen LogP contribution in [0.4, 0.5) is 4.79 Å². The first-order valence-electron chi connectivity index (χ1n) is 7.33. The lowest BCUT2D eigenvalue weighted by Crippen LogP contribution is -2.38. The number of carbonyl (C=O) groups excluding carboxylic acids is 2. The van der Waals surface area contributed by atoms with Crippen molar-refractivity contribution >= 4 is 11.9 Å². The van der Waals surface area contributed by atoms with Crippen molar-refractivity contribution in [3.63, 3.8) is 0 Å². The lowest BCUT2D eigenvalue weighted by atomic mass is 10.2. The fourth-order valence-electron chi connectivity index (χ4n) is 2.84. The van der Waals surface area contributed by atoms with Crippen molar-refractivity contribution in [2.24, 2.45) is 0 Å². The van der Waals surface area contributed by atoms with E-state index in [2.05, 4.69) is 20.4 Å². The maximum Gasteiger partial charge on any atom is 0.324 e. The number of imide groups is 1. The van der Waals surface area contributed by atoms with E-state index in [-0.39, 0.29) is 24.5 Å². The minimum Gasteiger partial charge on any atom is -0.339 e. The van der Waals surface area contributed by atoms with Gasteiger partial charge in [-0.25, -0.2) is 4.79 Å². The van der Waals surface area contributed by atoms with Gasteiger partial charge in [0.1, 0.15) is 0 Å². The minimum atomic E-state index is -0.302. The molecule has 1 aromatic heterocycles. The highest BCUT2D eigenvalue weighted by Gasteiger charge is 2.33. The predicted octanol–water partition coefficient (Wildman–Crippen LogP) is 0.321. The molecule has 0 aliphatic carbocycles. The van der Waals surface area contributed by atoms with Gasteiger partial charge in [-0.05, 0) is 19.4 Å². The molecule has 0 spiro atoms. The summed E-state index contributed by atoms with van der Waals surface area (Å²) in [6.07, 6.45) is 2.76. The quantitative estimate of drug-likeness (QED) is 0.786. The second kappa shape index (κ2) is 5.80. The molecule has 3 heterocycles. The topological polar surface area (TPSA) is 91.6 Å². The second-order valence-corrected chi connectivity index (χ2v) is 5.30. The summed E-state index contributed by atoms with van der Waals surface area (Å²) in [5.74, 6) is 1.19. The Labute approximate surface area is 122 Å². The molecule has 8 heteroatoms. The molecular weight excluding hydrogens is 274 g/mol. The molecule has 1 atom stereocenters. The normalized spacial score (nSPS) is 23.1. The van der Waals surface area contributed by atoms with Gasteiger partial charge in [0.2, 0.25) is 11.8 Å². The summed E-state index contributed by atoms with van der Waals surface area (Å²) in [7, 11) is 0. The van der Waals surface area contributed by atoms with Crippen molar-refractivity contribution in [1.82, 2.24) is 25.3 Å². The molecule has 2 fully saturated rings. The number of rotatable bonds is 5. The van der Waals surface area contributed by atoms with Crippen molar-refractivity contribution in [3.05, 3.63) is 11.7 Å². The molecule has 1 N–H and O–H groups in total. The van der Waals surface area contributed by atoms with Crippen LogP contribution >= 0.6 is 0 Å². The standard InChI is InChI=1S/C13H19N5O3/c1-2-10-15-12(16-21-10)9-4-3-5-17(9)6-7-18-11(19)8-14-13(18)20/h9H,2-8H2,1H3,(H,14,20)/t9-/m0/s1. The van der Waals surface area contributed by atoms with Crippen molar-refractivity contribution in [2.75, 3.05) is 26.2 Å². The van der Waals surface area contributed by atoms with Gasteiger partial charge in [-0.2, -0.15) is 4.98 Å². The Hall–Kier alpha value is -1.96. The molecule has 3 rings (SSSR count). The number of hydrogen-bond acceptors (Lipinski definition) is 6. The number of aryl methyl sites for hydroxylation is 1. The number of amides is 3. The first kappa shape index (κ1) is 14.0. The zero-order valence-corrected chi connectivity index (χ0v) is 12.0. The Morgan fingerprint density at radius 1 is 1.38 bits per heavy atom. The molecule has 0 bridgehead atoms. The van der Waals surface area contributed by atoms with Crippen LogP contribution in [-0.4, -0.2) is 58.1 Å². The molecule has 2 saturated heterocycles. The summed E-state index contributed by atoms with van der Waals surface area (Å²) >= 11 is 0. The van der Waals surface area contributed by atoms with Gasteiger partial charge < -0.3 is 9.84 Å². The zero-order valence-electron chi connectivity index (χ0n) is 12.0. The molecule has 0 radical (unpaired) electrons. The van der Waals surface area contributed by atoms with Crippen molar-refractivity contribution in [1.29, 1.82) is 0 Å². The van der Waals surface area contributed by atoms with E-state index >= 15 is 0 Å². The van der Waals surface area contributed by atoms with Crippen molar-refractivity contribution in [2.45, 2.75) is 32.2 Å². The molecule has 8 nitrogen and oxygen atoms in total. The number of aromatic nitrogens is 2. The Balaban J connectivity index is 1.62. The Kier molecular flexibility index (Phi) is 3.87. The molecule has 2 aliphatic heterocycles. The summed E-state index contributed by atoms with van der Waals surface area (Å²) in [5, 5.41) is 6.57. The molecule has 3 amide bonds. The first-order chi connectivity index (χ1) is 10.2. The summed E-state index contributed by atoms with van der Waals surface area (Å²) in [6.45, 7) is 4.04. The van der Waals surface area contributed by atoms with Gasteiger partial charge in [-0.1, -0.05) is 12.1 Å². The van der Waals surface area contributed by atoms with Crippen LogP contribution in [0.15, 0.2) is 4.52 Å². The van der Waals surface area contributed by atoms with Crippen LogP contribution in [0.25, 0.3) is 0 Å². The van der Waals surface area contributed by atoms with E-state index in [1.807, 2.05) is 6.92 Å². The summed E-state index contributed by atoms with van der Waals surface area (Å²) < 4.78 is 5.17. The monoisotopic (exact) mass is 293 g/mol. The van der Waals surface area contributed by atoms with Crippen molar-refractivity contribution < 1.29 is 14.1 Å². The van der Waals surface area contributed by atoms with E-state index in [0.29, 0.717) is 24.8 Å². The summed E-state index contributed by atoms with van der Waals surface area (Å²) in [6, 6.07) is -0.182.